The van der Waals surface area contributed by atoms with Gasteiger partial charge in [-0.25, -0.2) is 4.98 Å². The summed E-state index contributed by atoms with van der Waals surface area (Å²) in [4.78, 5) is 18.0. The molecule has 3 N–H and O–H groups in total. The number of hydrogen-bond donors (Lipinski definition) is 3. The van der Waals surface area contributed by atoms with Crippen LogP contribution in [0.15, 0.2) is 17.2 Å². The van der Waals surface area contributed by atoms with Gasteiger partial charge in [0.05, 0.1) is 0 Å². The van der Waals surface area contributed by atoms with Crippen molar-refractivity contribution in [2.24, 2.45) is 0 Å². The van der Waals surface area contributed by atoms with E-state index in [-0.39, 0.29) is 5.56 Å². The fourth-order valence-corrected chi connectivity index (χ4v) is 2.42. The molecular weight excluding hydrogens is 228 g/mol. The van der Waals surface area contributed by atoms with Gasteiger partial charge in [-0.05, 0) is 12.8 Å². The molecule has 0 aliphatic heterocycles. The molecule has 1 aliphatic carbocycles. The van der Waals surface area contributed by atoms with E-state index in [0.29, 0.717) is 11.9 Å². The molecule has 0 radical (unpaired) electrons. The van der Waals surface area contributed by atoms with E-state index < -0.39 is 0 Å². The first-order valence-electron chi connectivity index (χ1n) is 6.87. The van der Waals surface area contributed by atoms with Gasteiger partial charge >= 0.3 is 0 Å². The summed E-state index contributed by atoms with van der Waals surface area (Å²) in [6, 6.07) is 0.649. The summed E-state index contributed by atoms with van der Waals surface area (Å²) in [6.45, 7) is 1.61. The Labute approximate surface area is 107 Å². The van der Waals surface area contributed by atoms with E-state index >= 15 is 0 Å². The van der Waals surface area contributed by atoms with Gasteiger partial charge in [-0.15, -0.1) is 0 Å². The summed E-state index contributed by atoms with van der Waals surface area (Å²) in [5, 5.41) is 6.60. The molecule has 5 nitrogen and oxygen atoms in total. The quantitative estimate of drug-likeness (QED) is 0.547. The third kappa shape index (κ3) is 4.14. The first-order valence-corrected chi connectivity index (χ1v) is 6.87. The molecule has 2 rings (SSSR count). The Morgan fingerprint density at radius 2 is 2.00 bits per heavy atom. The Kier molecular flexibility index (Phi) is 5.20. The largest absolute Gasteiger partial charge is 0.364 e. The van der Waals surface area contributed by atoms with Gasteiger partial charge in [0, 0.05) is 31.5 Å². The Balaban J connectivity index is 1.66. The fraction of sp³-hybridized carbons (Fsp3) is 0.692. The minimum absolute atomic E-state index is 0.160. The predicted octanol–water partition coefficient (Wildman–Crippen LogP) is 1.49. The topological polar surface area (TPSA) is 69.8 Å². The number of rotatable bonds is 5. The van der Waals surface area contributed by atoms with E-state index in [4.69, 9.17) is 0 Å². The minimum atomic E-state index is -0.160. The molecule has 0 aromatic carbocycles. The zero-order valence-corrected chi connectivity index (χ0v) is 10.7. The Hall–Kier alpha value is -1.36. The fourth-order valence-electron chi connectivity index (χ4n) is 2.42. The maximum atomic E-state index is 11.4. The summed E-state index contributed by atoms with van der Waals surface area (Å²) >= 11 is 0. The zero-order chi connectivity index (χ0) is 12.6. The molecule has 100 valence electrons. The van der Waals surface area contributed by atoms with E-state index in [1.165, 1.54) is 44.7 Å². The van der Waals surface area contributed by atoms with Crippen LogP contribution in [-0.4, -0.2) is 29.1 Å². The van der Waals surface area contributed by atoms with Crippen molar-refractivity contribution in [3.63, 3.8) is 0 Å². The highest BCUT2D eigenvalue weighted by atomic mass is 16.1. The second-order valence-electron chi connectivity index (χ2n) is 4.84. The second-order valence-corrected chi connectivity index (χ2v) is 4.84. The van der Waals surface area contributed by atoms with Crippen molar-refractivity contribution in [2.45, 2.75) is 44.6 Å². The van der Waals surface area contributed by atoms with Gasteiger partial charge in [0.15, 0.2) is 5.82 Å². The average Bonchev–Trinajstić information content (AvgIpc) is 2.65. The molecule has 1 fully saturated rings. The van der Waals surface area contributed by atoms with Crippen molar-refractivity contribution in [3.8, 4) is 0 Å². The molecule has 0 atom stereocenters. The van der Waals surface area contributed by atoms with E-state index in [0.717, 1.165) is 13.1 Å². The van der Waals surface area contributed by atoms with Crippen LogP contribution in [0.1, 0.15) is 38.5 Å². The molecule has 0 spiro atoms. The third-order valence-electron chi connectivity index (χ3n) is 3.41. The van der Waals surface area contributed by atoms with Crippen LogP contribution >= 0.6 is 0 Å². The van der Waals surface area contributed by atoms with Crippen molar-refractivity contribution >= 4 is 5.82 Å². The van der Waals surface area contributed by atoms with Crippen molar-refractivity contribution in [2.75, 3.05) is 18.4 Å². The molecule has 1 aliphatic rings. The van der Waals surface area contributed by atoms with Gasteiger partial charge in [-0.3, -0.25) is 4.79 Å². The highest BCUT2D eigenvalue weighted by molar-refractivity contribution is 5.29. The molecule has 18 heavy (non-hydrogen) atoms. The van der Waals surface area contributed by atoms with E-state index in [2.05, 4.69) is 20.6 Å². The van der Waals surface area contributed by atoms with Crippen LogP contribution in [0.4, 0.5) is 5.82 Å². The summed E-state index contributed by atoms with van der Waals surface area (Å²) in [5.41, 5.74) is -0.160. The summed E-state index contributed by atoms with van der Waals surface area (Å²) in [7, 11) is 0. The maximum Gasteiger partial charge on any atom is 0.290 e. The van der Waals surface area contributed by atoms with Crippen molar-refractivity contribution in [1.82, 2.24) is 15.3 Å². The van der Waals surface area contributed by atoms with Crippen molar-refractivity contribution in [1.29, 1.82) is 0 Å². The van der Waals surface area contributed by atoms with Gasteiger partial charge < -0.3 is 15.6 Å². The molecule has 0 saturated heterocycles. The zero-order valence-electron chi connectivity index (χ0n) is 10.7. The van der Waals surface area contributed by atoms with Gasteiger partial charge in [-0.1, -0.05) is 25.7 Å². The molecule has 1 aromatic heterocycles. The van der Waals surface area contributed by atoms with Crippen LogP contribution in [0.2, 0.25) is 0 Å². The van der Waals surface area contributed by atoms with E-state index in [9.17, 15) is 4.79 Å². The molecule has 0 bridgehead atoms. The number of H-pyrrole nitrogens is 1. The van der Waals surface area contributed by atoms with Gasteiger partial charge in [0.2, 0.25) is 0 Å². The predicted molar refractivity (Wildman–Crippen MR) is 72.8 cm³/mol. The van der Waals surface area contributed by atoms with Gasteiger partial charge in [-0.2, -0.15) is 0 Å². The van der Waals surface area contributed by atoms with Crippen LogP contribution < -0.4 is 16.2 Å². The summed E-state index contributed by atoms with van der Waals surface area (Å²) < 4.78 is 0. The summed E-state index contributed by atoms with van der Waals surface area (Å²) in [6.07, 6.45) is 11.1. The van der Waals surface area contributed by atoms with Crippen LogP contribution in [0.25, 0.3) is 0 Å². The lowest BCUT2D eigenvalue weighted by atomic mass is 10.1. The SMILES string of the molecule is O=c1[nH]ccnc1NCCNC1CCCCCC1. The number of anilines is 1. The van der Waals surface area contributed by atoms with Gasteiger partial charge in [0.25, 0.3) is 5.56 Å². The number of aromatic nitrogens is 2. The Bertz CT molecular complexity index is 396. The Morgan fingerprint density at radius 3 is 2.72 bits per heavy atom. The van der Waals surface area contributed by atoms with Crippen LogP contribution in [0, 0.1) is 0 Å². The first kappa shape index (κ1) is 13.1. The molecule has 1 heterocycles. The maximum absolute atomic E-state index is 11.4. The normalized spacial score (nSPS) is 17.3. The van der Waals surface area contributed by atoms with E-state index in [1.807, 2.05) is 0 Å². The third-order valence-corrected chi connectivity index (χ3v) is 3.41. The molecule has 5 heteroatoms. The molecular formula is C13H22N4O. The first-order chi connectivity index (χ1) is 8.86. The minimum Gasteiger partial charge on any atom is -0.364 e. The van der Waals surface area contributed by atoms with Crippen LogP contribution in [-0.2, 0) is 0 Å². The highest BCUT2D eigenvalue weighted by Gasteiger charge is 2.10. The van der Waals surface area contributed by atoms with Crippen LogP contribution in [0.5, 0.6) is 0 Å². The molecule has 1 aromatic rings. The monoisotopic (exact) mass is 250 g/mol. The number of nitrogens with zero attached hydrogens (tertiary/aromatic N) is 1. The lowest BCUT2D eigenvalue weighted by molar-refractivity contribution is 0.468. The average molecular weight is 250 g/mol. The van der Waals surface area contributed by atoms with Crippen LogP contribution in [0.3, 0.4) is 0 Å². The Morgan fingerprint density at radius 1 is 1.22 bits per heavy atom. The van der Waals surface area contributed by atoms with Crippen molar-refractivity contribution in [3.05, 3.63) is 22.7 Å². The lowest BCUT2D eigenvalue weighted by Gasteiger charge is -2.16. The standard InChI is InChI=1S/C13H22N4O/c18-13-12(16-9-10-17-13)15-8-7-14-11-5-3-1-2-4-6-11/h9-11,14H,1-8H2,(H,15,16)(H,17,18). The van der Waals surface area contributed by atoms with Gasteiger partial charge in [0.1, 0.15) is 0 Å². The highest BCUT2D eigenvalue weighted by Crippen LogP contribution is 2.16. The molecule has 0 amide bonds. The van der Waals surface area contributed by atoms with E-state index in [1.54, 1.807) is 6.20 Å². The number of aromatic amines is 1. The number of hydrogen-bond acceptors (Lipinski definition) is 4. The number of nitrogens with one attached hydrogen (secondary N) is 3. The molecule has 0 unspecified atom stereocenters. The second kappa shape index (κ2) is 7.16. The molecule has 1 saturated carbocycles. The van der Waals surface area contributed by atoms with Crippen molar-refractivity contribution < 1.29 is 0 Å². The smallest absolute Gasteiger partial charge is 0.290 e. The lowest BCUT2D eigenvalue weighted by Crippen LogP contribution is -2.33. The summed E-state index contributed by atoms with van der Waals surface area (Å²) in [5.74, 6) is 0.403.